The van der Waals surface area contributed by atoms with Crippen molar-refractivity contribution in [1.82, 2.24) is 0 Å². The molecule has 0 aromatic heterocycles. The van der Waals surface area contributed by atoms with Crippen LogP contribution in [0.15, 0.2) is 12.7 Å². The molecular formula is C7H12FN. The molecular weight excluding hydrogens is 117 g/mol. The number of halogens is 1. The first kappa shape index (κ1) is 6.75. The summed E-state index contributed by atoms with van der Waals surface area (Å²) in [5.41, 5.74) is 4.34. The van der Waals surface area contributed by atoms with Crippen molar-refractivity contribution in [1.29, 1.82) is 0 Å². The molecule has 0 aliphatic heterocycles. The van der Waals surface area contributed by atoms with Gasteiger partial charge >= 0.3 is 0 Å². The van der Waals surface area contributed by atoms with Crippen LogP contribution in [-0.4, -0.2) is 11.7 Å². The lowest BCUT2D eigenvalue weighted by Crippen LogP contribution is -2.20. The van der Waals surface area contributed by atoms with Crippen molar-refractivity contribution in [3.8, 4) is 0 Å². The lowest BCUT2D eigenvalue weighted by atomic mass is 10.1. The van der Waals surface area contributed by atoms with E-state index in [4.69, 9.17) is 5.73 Å². The second kappa shape index (κ2) is 2.10. The average molecular weight is 129 g/mol. The number of nitrogens with two attached hydrogens (primary N) is 1. The van der Waals surface area contributed by atoms with E-state index in [-0.39, 0.29) is 6.04 Å². The maximum absolute atomic E-state index is 13.1. The van der Waals surface area contributed by atoms with Gasteiger partial charge in [-0.15, -0.1) is 0 Å². The van der Waals surface area contributed by atoms with E-state index in [2.05, 4.69) is 6.58 Å². The van der Waals surface area contributed by atoms with Gasteiger partial charge in [0, 0.05) is 12.5 Å². The number of hydrogen-bond acceptors (Lipinski definition) is 1. The predicted octanol–water partition coefficient (Wildman–Crippen LogP) is 1.39. The summed E-state index contributed by atoms with van der Waals surface area (Å²) in [7, 11) is 0. The Labute approximate surface area is 54.7 Å². The predicted molar refractivity (Wildman–Crippen MR) is 35.9 cm³/mol. The maximum atomic E-state index is 13.1. The first-order valence-electron chi connectivity index (χ1n) is 3.24. The van der Waals surface area contributed by atoms with Gasteiger partial charge in [0.2, 0.25) is 0 Å². The molecule has 1 rings (SSSR count). The molecule has 52 valence electrons. The molecule has 0 aromatic carbocycles. The van der Waals surface area contributed by atoms with Crippen LogP contribution in [0.5, 0.6) is 0 Å². The molecule has 0 bridgehead atoms. The van der Waals surface area contributed by atoms with Crippen LogP contribution in [0.25, 0.3) is 0 Å². The average Bonchev–Trinajstić information content (AvgIpc) is 2.13. The Bertz CT molecular complexity index is 124. The maximum Gasteiger partial charge on any atom is 0.130 e. The minimum Gasteiger partial charge on any atom is -0.328 e. The van der Waals surface area contributed by atoms with Crippen molar-refractivity contribution in [3.05, 3.63) is 12.7 Å². The highest BCUT2D eigenvalue weighted by molar-refractivity contribution is 5.03. The molecule has 2 heteroatoms. The normalized spacial score (nSPS) is 43.1. The molecule has 1 aliphatic rings. The van der Waals surface area contributed by atoms with Crippen molar-refractivity contribution in [2.75, 3.05) is 0 Å². The fraction of sp³-hybridized carbons (Fsp3) is 0.714. The van der Waals surface area contributed by atoms with Gasteiger partial charge in [-0.2, -0.15) is 0 Å². The molecule has 0 saturated heterocycles. The highest BCUT2D eigenvalue weighted by atomic mass is 19.1. The smallest absolute Gasteiger partial charge is 0.130 e. The lowest BCUT2D eigenvalue weighted by Gasteiger charge is -2.11. The molecule has 1 nitrogen and oxygen atoms in total. The molecule has 0 amide bonds. The third-order valence-corrected chi connectivity index (χ3v) is 1.90. The summed E-state index contributed by atoms with van der Waals surface area (Å²) in [6, 6.07) is 0.0491. The van der Waals surface area contributed by atoms with E-state index in [9.17, 15) is 4.39 Å². The summed E-state index contributed by atoms with van der Waals surface area (Å²) in [6.45, 7) is 3.42. The number of allylic oxidation sites excluding steroid dienone is 1. The highest BCUT2D eigenvalue weighted by Gasteiger charge is 2.34. The van der Waals surface area contributed by atoms with Crippen LogP contribution < -0.4 is 5.73 Å². The molecule has 2 atom stereocenters. The summed E-state index contributed by atoms with van der Waals surface area (Å²) >= 11 is 0. The first-order chi connectivity index (χ1) is 4.16. The third-order valence-electron chi connectivity index (χ3n) is 1.90. The Kier molecular flexibility index (Phi) is 1.58. The van der Waals surface area contributed by atoms with Gasteiger partial charge in [-0.05, 0) is 12.8 Å². The molecule has 0 radical (unpaired) electrons. The highest BCUT2D eigenvalue weighted by Crippen LogP contribution is 2.33. The molecule has 1 aliphatic carbocycles. The van der Waals surface area contributed by atoms with Gasteiger partial charge in [0.05, 0.1) is 0 Å². The Balaban J connectivity index is 2.54. The van der Waals surface area contributed by atoms with Crippen molar-refractivity contribution < 1.29 is 4.39 Å². The Morgan fingerprint density at radius 3 is 2.67 bits per heavy atom. The van der Waals surface area contributed by atoms with Crippen molar-refractivity contribution >= 4 is 0 Å². The molecule has 2 N–H and O–H groups in total. The summed E-state index contributed by atoms with van der Waals surface area (Å²) in [5, 5.41) is 0. The van der Waals surface area contributed by atoms with E-state index in [1.54, 1.807) is 0 Å². The van der Waals surface area contributed by atoms with Crippen LogP contribution >= 0.6 is 0 Å². The Morgan fingerprint density at radius 1 is 1.78 bits per heavy atom. The molecule has 1 saturated carbocycles. The standard InChI is InChI=1S/C7H12FN/c1-2-7(8)4-3-6(9)5-7/h2,6H,1,3-5,9H2. The minimum atomic E-state index is -1.15. The van der Waals surface area contributed by atoms with Gasteiger partial charge in [0.15, 0.2) is 0 Å². The molecule has 1 fully saturated rings. The zero-order valence-corrected chi connectivity index (χ0v) is 5.44. The van der Waals surface area contributed by atoms with E-state index < -0.39 is 5.67 Å². The molecule has 2 unspecified atom stereocenters. The van der Waals surface area contributed by atoms with Crippen LogP contribution in [-0.2, 0) is 0 Å². The monoisotopic (exact) mass is 129 g/mol. The van der Waals surface area contributed by atoms with Gasteiger partial charge < -0.3 is 5.73 Å². The topological polar surface area (TPSA) is 26.0 Å². The lowest BCUT2D eigenvalue weighted by molar-refractivity contribution is 0.237. The van der Waals surface area contributed by atoms with Crippen molar-refractivity contribution in [3.63, 3.8) is 0 Å². The van der Waals surface area contributed by atoms with E-state index in [1.165, 1.54) is 6.08 Å². The van der Waals surface area contributed by atoms with Crippen LogP contribution in [0.2, 0.25) is 0 Å². The number of hydrogen-bond donors (Lipinski definition) is 1. The zero-order valence-electron chi connectivity index (χ0n) is 5.44. The summed E-state index contributed by atoms with van der Waals surface area (Å²) in [5.74, 6) is 0. The second-order valence-electron chi connectivity index (χ2n) is 2.74. The van der Waals surface area contributed by atoms with Crippen LogP contribution in [0.1, 0.15) is 19.3 Å². The summed E-state index contributed by atoms with van der Waals surface area (Å²) < 4.78 is 13.1. The van der Waals surface area contributed by atoms with E-state index in [0.29, 0.717) is 12.8 Å². The van der Waals surface area contributed by atoms with Crippen LogP contribution in [0, 0.1) is 0 Å². The van der Waals surface area contributed by atoms with Crippen molar-refractivity contribution in [2.24, 2.45) is 5.73 Å². The Hall–Kier alpha value is -0.370. The summed E-state index contributed by atoms with van der Waals surface area (Å²) in [4.78, 5) is 0. The molecule has 9 heavy (non-hydrogen) atoms. The van der Waals surface area contributed by atoms with Gasteiger partial charge in [0.25, 0.3) is 0 Å². The number of rotatable bonds is 1. The van der Waals surface area contributed by atoms with Gasteiger partial charge in [0.1, 0.15) is 5.67 Å². The SMILES string of the molecule is C=CC1(F)CCC(N)C1. The van der Waals surface area contributed by atoms with E-state index in [0.717, 1.165) is 6.42 Å². The first-order valence-corrected chi connectivity index (χ1v) is 3.24. The van der Waals surface area contributed by atoms with Crippen molar-refractivity contribution in [2.45, 2.75) is 31.0 Å². The number of alkyl halides is 1. The molecule has 0 heterocycles. The van der Waals surface area contributed by atoms with Gasteiger partial charge in [-0.25, -0.2) is 4.39 Å². The largest absolute Gasteiger partial charge is 0.328 e. The van der Waals surface area contributed by atoms with Gasteiger partial charge in [-0.1, -0.05) is 12.7 Å². The summed E-state index contributed by atoms with van der Waals surface area (Å²) in [6.07, 6.45) is 3.18. The molecule has 0 aromatic rings. The zero-order chi connectivity index (χ0) is 6.91. The van der Waals surface area contributed by atoms with Gasteiger partial charge in [-0.3, -0.25) is 0 Å². The fourth-order valence-corrected chi connectivity index (χ4v) is 1.25. The molecule has 0 spiro atoms. The van der Waals surface area contributed by atoms with Crippen LogP contribution in [0.4, 0.5) is 4.39 Å². The third kappa shape index (κ3) is 1.30. The van der Waals surface area contributed by atoms with Crippen LogP contribution in [0.3, 0.4) is 0 Å². The second-order valence-corrected chi connectivity index (χ2v) is 2.74. The van der Waals surface area contributed by atoms with E-state index in [1.807, 2.05) is 0 Å². The Morgan fingerprint density at radius 2 is 2.44 bits per heavy atom. The quantitative estimate of drug-likeness (QED) is 0.532. The fourth-order valence-electron chi connectivity index (χ4n) is 1.25. The van der Waals surface area contributed by atoms with E-state index >= 15 is 0 Å². The minimum absolute atomic E-state index is 0.0491.